The fourth-order valence-corrected chi connectivity index (χ4v) is 2.52. The molecular formula is C20H23FN2O4. The van der Waals surface area contributed by atoms with E-state index in [9.17, 15) is 14.0 Å². The molecule has 0 aliphatic heterocycles. The van der Waals surface area contributed by atoms with Crippen molar-refractivity contribution in [3.63, 3.8) is 0 Å². The second-order valence-electron chi connectivity index (χ2n) is 5.93. The van der Waals surface area contributed by atoms with Crippen molar-refractivity contribution >= 4 is 17.5 Å². The highest BCUT2D eigenvalue weighted by Crippen LogP contribution is 2.28. The van der Waals surface area contributed by atoms with E-state index in [-0.39, 0.29) is 30.6 Å². The van der Waals surface area contributed by atoms with Crippen LogP contribution in [-0.4, -0.2) is 37.5 Å². The molecule has 0 fully saturated rings. The Bertz CT molecular complexity index is 793. The van der Waals surface area contributed by atoms with E-state index in [0.717, 1.165) is 5.56 Å². The minimum atomic E-state index is -0.334. The Kier molecular flexibility index (Phi) is 7.16. The van der Waals surface area contributed by atoms with Gasteiger partial charge in [-0.25, -0.2) is 4.39 Å². The third-order valence-corrected chi connectivity index (χ3v) is 4.02. The molecule has 7 heteroatoms. The highest BCUT2D eigenvalue weighted by Gasteiger charge is 2.14. The lowest BCUT2D eigenvalue weighted by Crippen LogP contribution is -2.31. The standard InChI is InChI=1S/C20H23FN2O4/c1-14(24)23(13-15-4-6-16(21)7-5-15)11-10-20(25)22-18-12-17(26-2)8-9-19(18)27-3/h4-9,12H,10-11,13H2,1-3H3,(H,22,25). The quantitative estimate of drug-likeness (QED) is 0.770. The molecule has 2 rings (SSSR count). The first-order valence-electron chi connectivity index (χ1n) is 8.44. The molecule has 2 amide bonds. The van der Waals surface area contributed by atoms with Crippen molar-refractivity contribution in [2.45, 2.75) is 19.9 Å². The zero-order chi connectivity index (χ0) is 19.8. The molecule has 0 aliphatic rings. The summed E-state index contributed by atoms with van der Waals surface area (Å²) in [4.78, 5) is 25.7. The summed E-state index contributed by atoms with van der Waals surface area (Å²) >= 11 is 0. The van der Waals surface area contributed by atoms with E-state index in [2.05, 4.69) is 5.32 Å². The number of nitrogens with one attached hydrogen (secondary N) is 1. The van der Waals surface area contributed by atoms with Gasteiger partial charge in [-0.1, -0.05) is 12.1 Å². The molecule has 6 nitrogen and oxygen atoms in total. The van der Waals surface area contributed by atoms with Gasteiger partial charge in [0.2, 0.25) is 11.8 Å². The number of halogens is 1. The molecule has 2 aromatic carbocycles. The van der Waals surface area contributed by atoms with Crippen LogP contribution in [0, 0.1) is 5.82 Å². The van der Waals surface area contributed by atoms with Gasteiger partial charge in [-0.2, -0.15) is 0 Å². The van der Waals surface area contributed by atoms with Gasteiger partial charge < -0.3 is 19.7 Å². The third kappa shape index (κ3) is 5.99. The normalized spacial score (nSPS) is 10.2. The Morgan fingerprint density at radius 2 is 1.78 bits per heavy atom. The maximum Gasteiger partial charge on any atom is 0.226 e. The third-order valence-electron chi connectivity index (χ3n) is 4.02. The molecule has 0 saturated heterocycles. The van der Waals surface area contributed by atoms with E-state index in [4.69, 9.17) is 9.47 Å². The molecule has 0 spiro atoms. The van der Waals surface area contributed by atoms with Crippen molar-refractivity contribution in [1.82, 2.24) is 4.90 Å². The molecule has 2 aromatic rings. The van der Waals surface area contributed by atoms with E-state index in [0.29, 0.717) is 23.7 Å². The van der Waals surface area contributed by atoms with Crippen LogP contribution >= 0.6 is 0 Å². The SMILES string of the molecule is COc1ccc(OC)c(NC(=O)CCN(Cc2ccc(F)cc2)C(C)=O)c1. The molecule has 27 heavy (non-hydrogen) atoms. The molecule has 0 aliphatic carbocycles. The molecule has 0 aromatic heterocycles. The average molecular weight is 374 g/mol. The predicted molar refractivity (Wildman–Crippen MR) is 100 cm³/mol. The van der Waals surface area contributed by atoms with Crippen LogP contribution in [0.25, 0.3) is 0 Å². The minimum Gasteiger partial charge on any atom is -0.497 e. The van der Waals surface area contributed by atoms with Crippen molar-refractivity contribution in [2.75, 3.05) is 26.1 Å². The first-order valence-corrected chi connectivity index (χ1v) is 8.44. The molecule has 0 saturated carbocycles. The highest BCUT2D eigenvalue weighted by atomic mass is 19.1. The monoisotopic (exact) mass is 374 g/mol. The van der Waals surface area contributed by atoms with Crippen molar-refractivity contribution in [1.29, 1.82) is 0 Å². The molecule has 0 heterocycles. The second kappa shape index (κ2) is 9.56. The summed E-state index contributed by atoms with van der Waals surface area (Å²) in [6.07, 6.45) is 0.112. The summed E-state index contributed by atoms with van der Waals surface area (Å²) < 4.78 is 23.4. The van der Waals surface area contributed by atoms with Gasteiger partial charge in [0.15, 0.2) is 0 Å². The van der Waals surface area contributed by atoms with Gasteiger partial charge in [-0.15, -0.1) is 0 Å². The highest BCUT2D eigenvalue weighted by molar-refractivity contribution is 5.93. The van der Waals surface area contributed by atoms with Gasteiger partial charge in [0.25, 0.3) is 0 Å². The van der Waals surface area contributed by atoms with Crippen molar-refractivity contribution in [3.8, 4) is 11.5 Å². The maximum atomic E-state index is 13.0. The summed E-state index contributed by atoms with van der Waals surface area (Å²) in [7, 11) is 3.05. The summed E-state index contributed by atoms with van der Waals surface area (Å²) in [5.74, 6) is 0.351. The summed E-state index contributed by atoms with van der Waals surface area (Å²) in [6.45, 7) is 1.99. The lowest BCUT2D eigenvalue weighted by molar-refractivity contribution is -0.129. The van der Waals surface area contributed by atoms with E-state index in [1.807, 2.05) is 0 Å². The Hall–Kier alpha value is -3.09. The topological polar surface area (TPSA) is 67.9 Å². The first-order chi connectivity index (χ1) is 12.9. The van der Waals surface area contributed by atoms with Gasteiger partial charge in [-0.05, 0) is 29.8 Å². The van der Waals surface area contributed by atoms with E-state index in [1.165, 1.54) is 38.2 Å². The molecule has 0 radical (unpaired) electrons. The van der Waals surface area contributed by atoms with E-state index < -0.39 is 0 Å². The zero-order valence-corrected chi connectivity index (χ0v) is 15.6. The van der Waals surface area contributed by atoms with Crippen molar-refractivity contribution in [3.05, 3.63) is 53.8 Å². The van der Waals surface area contributed by atoms with Crippen molar-refractivity contribution in [2.24, 2.45) is 0 Å². The Balaban J connectivity index is 1.97. The van der Waals surface area contributed by atoms with Crippen LogP contribution in [-0.2, 0) is 16.1 Å². The number of hydrogen-bond acceptors (Lipinski definition) is 4. The minimum absolute atomic E-state index is 0.112. The average Bonchev–Trinajstić information content (AvgIpc) is 2.66. The number of benzene rings is 2. The second-order valence-corrected chi connectivity index (χ2v) is 5.93. The van der Waals surface area contributed by atoms with Crippen LogP contribution in [0.3, 0.4) is 0 Å². The maximum absolute atomic E-state index is 13.0. The molecule has 0 bridgehead atoms. The van der Waals surface area contributed by atoms with Crippen LogP contribution in [0.15, 0.2) is 42.5 Å². The lowest BCUT2D eigenvalue weighted by atomic mass is 10.2. The zero-order valence-electron chi connectivity index (χ0n) is 15.6. The van der Waals surface area contributed by atoms with Crippen LogP contribution in [0.5, 0.6) is 11.5 Å². The number of anilines is 1. The van der Waals surface area contributed by atoms with Gasteiger partial charge >= 0.3 is 0 Å². The number of amides is 2. The number of nitrogens with zero attached hydrogens (tertiary/aromatic N) is 1. The van der Waals surface area contributed by atoms with Crippen LogP contribution in [0.4, 0.5) is 10.1 Å². The number of carbonyl (C=O) groups is 2. The Morgan fingerprint density at radius 1 is 1.07 bits per heavy atom. The smallest absolute Gasteiger partial charge is 0.226 e. The Morgan fingerprint density at radius 3 is 2.37 bits per heavy atom. The van der Waals surface area contributed by atoms with Crippen LogP contribution < -0.4 is 14.8 Å². The Labute approximate surface area is 157 Å². The fourth-order valence-electron chi connectivity index (χ4n) is 2.52. The molecular weight excluding hydrogens is 351 g/mol. The first kappa shape index (κ1) is 20.2. The molecule has 1 N–H and O–H groups in total. The largest absolute Gasteiger partial charge is 0.497 e. The molecule has 0 atom stereocenters. The van der Waals surface area contributed by atoms with Crippen LogP contribution in [0.2, 0.25) is 0 Å². The number of rotatable bonds is 8. The number of hydrogen-bond donors (Lipinski definition) is 1. The van der Waals surface area contributed by atoms with Gasteiger partial charge in [-0.3, -0.25) is 9.59 Å². The van der Waals surface area contributed by atoms with Gasteiger partial charge in [0, 0.05) is 32.5 Å². The number of carbonyl (C=O) groups excluding carboxylic acids is 2. The predicted octanol–water partition coefficient (Wildman–Crippen LogP) is 3.22. The van der Waals surface area contributed by atoms with Gasteiger partial charge in [0.1, 0.15) is 17.3 Å². The fraction of sp³-hybridized carbons (Fsp3) is 0.300. The van der Waals surface area contributed by atoms with E-state index >= 15 is 0 Å². The molecule has 0 unspecified atom stereocenters. The van der Waals surface area contributed by atoms with Crippen LogP contribution in [0.1, 0.15) is 18.9 Å². The summed E-state index contributed by atoms with van der Waals surface area (Å²) in [5, 5.41) is 2.77. The molecule has 144 valence electrons. The number of ether oxygens (including phenoxy) is 2. The van der Waals surface area contributed by atoms with E-state index in [1.54, 1.807) is 30.3 Å². The number of methoxy groups -OCH3 is 2. The lowest BCUT2D eigenvalue weighted by Gasteiger charge is -2.21. The van der Waals surface area contributed by atoms with Crippen molar-refractivity contribution < 1.29 is 23.5 Å². The van der Waals surface area contributed by atoms with Gasteiger partial charge in [0.05, 0.1) is 19.9 Å². The summed E-state index contributed by atoms with van der Waals surface area (Å²) in [6, 6.07) is 11.0. The summed E-state index contributed by atoms with van der Waals surface area (Å²) in [5.41, 5.74) is 1.29.